The van der Waals surface area contributed by atoms with Crippen LogP contribution in [0.25, 0.3) is 0 Å². The summed E-state index contributed by atoms with van der Waals surface area (Å²) in [5.74, 6) is 1.20. The molecule has 0 aromatic carbocycles. The minimum absolute atomic E-state index is 0. The number of hydrogen-bond donors (Lipinski definition) is 0. The first-order valence-corrected chi connectivity index (χ1v) is 4.72. The van der Waals surface area contributed by atoms with E-state index >= 15 is 0 Å². The quantitative estimate of drug-likeness (QED) is 0.409. The molecule has 1 fully saturated rings. The Morgan fingerprint density at radius 3 is 2.06 bits per heavy atom. The fraction of sp³-hybridized carbons (Fsp3) is 0.900. The molecule has 2 unspecified atom stereocenters. The van der Waals surface area contributed by atoms with Crippen molar-refractivity contribution in [3.8, 4) is 0 Å². The Bertz CT molecular complexity index is 153. The summed E-state index contributed by atoms with van der Waals surface area (Å²) in [6.45, 7) is 6.62. The molecule has 4 atom stereocenters. The van der Waals surface area contributed by atoms with Crippen LogP contribution in [0.4, 0.5) is 0 Å². The van der Waals surface area contributed by atoms with Crippen LogP contribution < -0.4 is 0 Å². The van der Waals surface area contributed by atoms with Crippen LogP contribution in [0.2, 0.25) is 0 Å². The van der Waals surface area contributed by atoms with Crippen molar-refractivity contribution in [3.05, 3.63) is 6.42 Å². The summed E-state index contributed by atoms with van der Waals surface area (Å²) in [6, 6.07) is 0. The second kappa shape index (κ2) is 14.9. The molecule has 2 nitrogen and oxygen atoms in total. The predicted molar refractivity (Wildman–Crippen MR) is 48.6 cm³/mol. The van der Waals surface area contributed by atoms with E-state index in [1.165, 1.54) is 0 Å². The van der Waals surface area contributed by atoms with Gasteiger partial charge in [-0.25, -0.2) is 0 Å². The van der Waals surface area contributed by atoms with Crippen molar-refractivity contribution in [1.82, 2.24) is 0 Å². The molecular formula is C10H19O2W2Y2-. The standard InChI is InChI=1S/C10H19O2.2W.2Y/c1-5-9-8(3)7(2)6-10(11-4)12-9;;;;/h6-10H,5H2,1-4H3;;;;/q-1;;;;/t7?,8-,9?,10-;;;;/m1..../s1. The monoisotopic (exact) mass is 717 g/mol. The minimum Gasteiger partial charge on any atom is -0.387 e. The zero-order valence-corrected chi connectivity index (χ0v) is 21.9. The normalized spacial score (nSPS) is 32.2. The Hall–Kier alpha value is 3.50. The molecule has 0 amide bonds. The third-order valence-electron chi connectivity index (χ3n) is 2.82. The van der Waals surface area contributed by atoms with Crippen LogP contribution in [0.15, 0.2) is 0 Å². The van der Waals surface area contributed by atoms with Gasteiger partial charge >= 0.3 is 0 Å². The summed E-state index contributed by atoms with van der Waals surface area (Å²) in [5, 5.41) is 0. The molecule has 16 heavy (non-hydrogen) atoms. The Kier molecular flexibility index (Phi) is 25.9. The van der Waals surface area contributed by atoms with Crippen LogP contribution in [-0.4, -0.2) is 19.5 Å². The Morgan fingerprint density at radius 1 is 1.19 bits per heavy atom. The van der Waals surface area contributed by atoms with E-state index in [-0.39, 0.29) is 114 Å². The molecule has 1 aliphatic heterocycles. The van der Waals surface area contributed by atoms with Crippen molar-refractivity contribution < 1.29 is 117 Å². The van der Waals surface area contributed by atoms with Crippen molar-refractivity contribution >= 4 is 0 Å². The smallest absolute Gasteiger partial charge is 0.0574 e. The zero-order valence-electron chi connectivity index (χ0n) is 10.4. The van der Waals surface area contributed by atoms with Gasteiger partial charge in [-0.3, -0.25) is 6.42 Å². The van der Waals surface area contributed by atoms with Gasteiger partial charge in [0, 0.05) is 121 Å². The van der Waals surface area contributed by atoms with E-state index in [1.807, 2.05) is 0 Å². The molecule has 1 heterocycles. The molecule has 1 aliphatic rings. The van der Waals surface area contributed by atoms with E-state index in [0.29, 0.717) is 17.9 Å². The topological polar surface area (TPSA) is 18.5 Å². The van der Waals surface area contributed by atoms with E-state index in [1.54, 1.807) is 7.11 Å². The van der Waals surface area contributed by atoms with Crippen LogP contribution in [0, 0.1) is 18.3 Å². The maximum atomic E-state index is 5.69. The van der Waals surface area contributed by atoms with Gasteiger partial charge in [-0.1, -0.05) is 20.8 Å². The van der Waals surface area contributed by atoms with Crippen molar-refractivity contribution in [3.63, 3.8) is 0 Å². The van der Waals surface area contributed by atoms with Gasteiger partial charge < -0.3 is 9.47 Å². The van der Waals surface area contributed by atoms with E-state index in [9.17, 15) is 0 Å². The number of ether oxygens (including phenoxy) is 2. The van der Waals surface area contributed by atoms with Crippen LogP contribution >= 0.6 is 0 Å². The number of rotatable bonds is 2. The molecular weight excluding hydrogens is 698 g/mol. The number of hydrogen-bond acceptors (Lipinski definition) is 2. The maximum Gasteiger partial charge on any atom is 0.0574 e. The van der Waals surface area contributed by atoms with E-state index < -0.39 is 0 Å². The van der Waals surface area contributed by atoms with Crippen LogP contribution in [0.5, 0.6) is 0 Å². The summed E-state index contributed by atoms with van der Waals surface area (Å²) in [4.78, 5) is 0. The summed E-state index contributed by atoms with van der Waals surface area (Å²) >= 11 is 0. The van der Waals surface area contributed by atoms with Crippen molar-refractivity contribution in [2.75, 3.05) is 7.11 Å². The van der Waals surface area contributed by atoms with Crippen LogP contribution in [0.3, 0.4) is 0 Å². The first-order valence-electron chi connectivity index (χ1n) is 4.72. The zero-order chi connectivity index (χ0) is 9.14. The largest absolute Gasteiger partial charge is 0.387 e. The Labute approximate surface area is 179 Å². The van der Waals surface area contributed by atoms with E-state index in [2.05, 4.69) is 27.2 Å². The maximum absolute atomic E-state index is 5.69. The third kappa shape index (κ3) is 8.63. The second-order valence-corrected chi connectivity index (χ2v) is 3.60. The van der Waals surface area contributed by atoms with Crippen molar-refractivity contribution in [2.45, 2.75) is 39.6 Å². The summed E-state index contributed by atoms with van der Waals surface area (Å²) < 4.78 is 10.9. The van der Waals surface area contributed by atoms with Gasteiger partial charge in [0.05, 0.1) is 6.10 Å². The molecule has 90 valence electrons. The molecule has 0 aromatic rings. The van der Waals surface area contributed by atoms with Gasteiger partial charge in [-0.2, -0.15) is 5.92 Å². The summed E-state index contributed by atoms with van der Waals surface area (Å²) in [6.07, 6.45) is 3.46. The molecule has 0 aliphatic carbocycles. The van der Waals surface area contributed by atoms with Gasteiger partial charge in [-0.15, -0.1) is 0 Å². The molecule has 0 saturated carbocycles. The van der Waals surface area contributed by atoms with Crippen molar-refractivity contribution in [1.29, 1.82) is 0 Å². The molecule has 2 radical (unpaired) electrons. The van der Waals surface area contributed by atoms with Crippen LogP contribution in [-0.2, 0) is 117 Å². The fourth-order valence-electron chi connectivity index (χ4n) is 1.71. The molecule has 0 aromatic heterocycles. The SMILES string of the molecule is CCC1O[C@@H](OC)[CH-]C(C)[C@H]1C.[W].[W].[Y].[Y]. The Balaban J connectivity index is -0.000000180. The van der Waals surface area contributed by atoms with E-state index in [4.69, 9.17) is 9.47 Å². The average molecular weight is 717 g/mol. The second-order valence-electron chi connectivity index (χ2n) is 3.60. The molecule has 1 rings (SSSR count). The molecule has 1 saturated heterocycles. The minimum atomic E-state index is -0.0962. The molecule has 6 heteroatoms. The Morgan fingerprint density at radius 2 is 1.69 bits per heavy atom. The summed E-state index contributed by atoms with van der Waals surface area (Å²) in [5.41, 5.74) is 0. The first kappa shape index (κ1) is 27.8. The fourth-order valence-corrected chi connectivity index (χ4v) is 1.71. The molecule has 0 bridgehead atoms. The predicted octanol–water partition coefficient (Wildman–Crippen LogP) is 2.23. The average Bonchev–Trinajstić information content (AvgIpc) is 2.09. The van der Waals surface area contributed by atoms with Crippen molar-refractivity contribution in [2.24, 2.45) is 11.8 Å². The number of methoxy groups -OCH3 is 1. The van der Waals surface area contributed by atoms with E-state index in [0.717, 1.165) is 6.42 Å². The third-order valence-corrected chi connectivity index (χ3v) is 2.82. The van der Waals surface area contributed by atoms with Gasteiger partial charge in [0.25, 0.3) is 0 Å². The van der Waals surface area contributed by atoms with Gasteiger partial charge in [0.1, 0.15) is 0 Å². The summed E-state index contributed by atoms with van der Waals surface area (Å²) in [7, 11) is 1.69. The van der Waals surface area contributed by atoms with Gasteiger partial charge in [0.2, 0.25) is 0 Å². The first-order chi connectivity index (χ1) is 5.69. The van der Waals surface area contributed by atoms with Gasteiger partial charge in [-0.05, 0) is 12.3 Å². The molecule has 0 spiro atoms. The van der Waals surface area contributed by atoms with Gasteiger partial charge in [0.15, 0.2) is 0 Å². The van der Waals surface area contributed by atoms with Crippen LogP contribution in [0.1, 0.15) is 27.2 Å². The molecule has 0 N–H and O–H groups in total.